The van der Waals surface area contributed by atoms with Crippen molar-refractivity contribution in [1.29, 1.82) is 0 Å². The zero-order chi connectivity index (χ0) is 37.5. The zero-order valence-corrected chi connectivity index (χ0v) is 31.4. The highest BCUT2D eigenvalue weighted by Crippen LogP contribution is 2.33. The maximum Gasteiger partial charge on any atom is 0.416 e. The summed E-state index contributed by atoms with van der Waals surface area (Å²) < 4.78 is 38.9. The Balaban J connectivity index is 1.23. The van der Waals surface area contributed by atoms with Crippen molar-refractivity contribution in [2.75, 3.05) is 13.2 Å². The first-order valence-corrected chi connectivity index (χ1v) is 19.2. The Labute approximate surface area is 319 Å². The summed E-state index contributed by atoms with van der Waals surface area (Å²) in [7, 11) is 0. The number of hydrogen-bond donors (Lipinski definition) is 0. The van der Waals surface area contributed by atoms with Crippen LogP contribution in [0.4, 0.5) is 4.79 Å². The van der Waals surface area contributed by atoms with Crippen molar-refractivity contribution in [3.8, 4) is 0 Å². The van der Waals surface area contributed by atoms with Crippen molar-refractivity contribution in [2.45, 2.75) is 103 Å². The molecule has 0 saturated carbocycles. The van der Waals surface area contributed by atoms with E-state index in [2.05, 4.69) is 0 Å². The van der Waals surface area contributed by atoms with Gasteiger partial charge < -0.3 is 28.4 Å². The summed E-state index contributed by atoms with van der Waals surface area (Å²) in [6, 6.07) is 40.1. The highest BCUT2D eigenvalue weighted by molar-refractivity contribution is 5.93. The molecule has 0 unspecified atom stereocenters. The van der Waals surface area contributed by atoms with E-state index in [9.17, 15) is 9.59 Å². The maximum atomic E-state index is 13.3. The lowest BCUT2D eigenvalue weighted by Gasteiger charge is -2.46. The van der Waals surface area contributed by atoms with E-state index in [1.165, 1.54) is 4.90 Å². The number of unbranched alkanes of at least 4 members (excludes halogenated alkanes) is 1. The minimum atomic E-state index is -0.554. The third kappa shape index (κ3) is 11.1. The van der Waals surface area contributed by atoms with Crippen LogP contribution in [0.15, 0.2) is 121 Å². The molecule has 0 aromatic heterocycles. The van der Waals surface area contributed by atoms with Gasteiger partial charge in [0.15, 0.2) is 0 Å². The van der Waals surface area contributed by atoms with Gasteiger partial charge in [-0.3, -0.25) is 4.79 Å². The van der Waals surface area contributed by atoms with E-state index in [-0.39, 0.29) is 43.6 Å². The van der Waals surface area contributed by atoms with Crippen LogP contribution in [-0.2, 0) is 59.6 Å². The molecular formula is C45H53NO8. The van der Waals surface area contributed by atoms with E-state index >= 15 is 0 Å². The van der Waals surface area contributed by atoms with Gasteiger partial charge in [0.1, 0.15) is 31.0 Å². The average molecular weight is 736 g/mol. The number of benzene rings is 4. The second-order valence-electron chi connectivity index (χ2n) is 14.4. The predicted molar refractivity (Wildman–Crippen MR) is 205 cm³/mol. The molecule has 0 N–H and O–H groups in total. The molecule has 6 atom stereocenters. The van der Waals surface area contributed by atoms with Crippen LogP contribution in [0.5, 0.6) is 0 Å². The third-order valence-electron chi connectivity index (χ3n) is 10.1. The number of amides is 2. The van der Waals surface area contributed by atoms with Gasteiger partial charge in [0.05, 0.1) is 45.2 Å². The molecule has 0 bridgehead atoms. The SMILES string of the molecule is CC(C)[C@H]1COC(=O)N1C(=O)CCCC[C@H]1O[C@H](COCc2ccccc2)[C@H](OCc2ccccc2)[C@H](OCc2ccccc2)[C@H]1OCc1ccccc1. The molecule has 0 aliphatic carbocycles. The fraction of sp³-hybridized carbons (Fsp3) is 0.422. The average Bonchev–Trinajstić information content (AvgIpc) is 3.61. The van der Waals surface area contributed by atoms with E-state index in [1.54, 1.807) is 0 Å². The summed E-state index contributed by atoms with van der Waals surface area (Å²) in [6.45, 7) is 6.04. The smallest absolute Gasteiger partial charge is 0.416 e. The van der Waals surface area contributed by atoms with Crippen LogP contribution in [0, 0.1) is 5.92 Å². The van der Waals surface area contributed by atoms with Gasteiger partial charge in [-0.2, -0.15) is 0 Å². The first-order valence-electron chi connectivity index (χ1n) is 19.2. The van der Waals surface area contributed by atoms with Gasteiger partial charge in [0.2, 0.25) is 5.91 Å². The van der Waals surface area contributed by atoms with E-state index in [4.69, 9.17) is 28.4 Å². The zero-order valence-electron chi connectivity index (χ0n) is 31.4. The summed E-state index contributed by atoms with van der Waals surface area (Å²) >= 11 is 0. The lowest BCUT2D eigenvalue weighted by molar-refractivity contribution is -0.273. The monoisotopic (exact) mass is 735 g/mol. The van der Waals surface area contributed by atoms with Crippen molar-refractivity contribution >= 4 is 12.0 Å². The number of cyclic esters (lactones) is 1. The third-order valence-corrected chi connectivity index (χ3v) is 10.1. The summed E-state index contributed by atoms with van der Waals surface area (Å²) in [4.78, 5) is 27.0. The van der Waals surface area contributed by atoms with Gasteiger partial charge in [0, 0.05) is 6.42 Å². The lowest BCUT2D eigenvalue weighted by atomic mass is 9.91. The Bertz CT molecular complexity index is 1690. The van der Waals surface area contributed by atoms with Crippen LogP contribution in [0.25, 0.3) is 0 Å². The molecule has 4 aromatic rings. The van der Waals surface area contributed by atoms with Crippen LogP contribution in [0.3, 0.4) is 0 Å². The molecule has 6 rings (SSSR count). The summed E-state index contributed by atoms with van der Waals surface area (Å²) in [5.41, 5.74) is 4.19. The molecule has 2 aliphatic rings. The Kier molecular flexibility index (Phi) is 14.8. The van der Waals surface area contributed by atoms with E-state index in [0.717, 1.165) is 22.3 Å². The molecule has 2 fully saturated rings. The van der Waals surface area contributed by atoms with Crippen LogP contribution in [-0.4, -0.2) is 66.7 Å². The van der Waals surface area contributed by atoms with Crippen LogP contribution >= 0.6 is 0 Å². The molecule has 0 spiro atoms. The van der Waals surface area contributed by atoms with Crippen molar-refractivity contribution in [3.05, 3.63) is 144 Å². The molecule has 2 heterocycles. The molecule has 2 amide bonds. The van der Waals surface area contributed by atoms with E-state index in [0.29, 0.717) is 45.7 Å². The number of imide groups is 1. The van der Waals surface area contributed by atoms with Crippen LogP contribution in [0.1, 0.15) is 61.8 Å². The molecule has 9 heteroatoms. The normalized spacial score (nSPS) is 22.7. The fourth-order valence-corrected chi connectivity index (χ4v) is 7.07. The number of hydrogen-bond acceptors (Lipinski definition) is 8. The first kappa shape index (κ1) is 39.3. The highest BCUT2D eigenvalue weighted by atomic mass is 16.6. The number of nitrogens with zero attached hydrogens (tertiary/aromatic N) is 1. The molecule has 0 radical (unpaired) electrons. The van der Waals surface area contributed by atoms with Gasteiger partial charge in [0.25, 0.3) is 0 Å². The van der Waals surface area contributed by atoms with E-state index < -0.39 is 30.5 Å². The van der Waals surface area contributed by atoms with Crippen molar-refractivity contribution in [2.24, 2.45) is 5.92 Å². The quantitative estimate of drug-likeness (QED) is 0.0889. The Morgan fingerprint density at radius 2 is 1.11 bits per heavy atom. The van der Waals surface area contributed by atoms with Crippen molar-refractivity contribution in [1.82, 2.24) is 4.90 Å². The van der Waals surface area contributed by atoms with Gasteiger partial charge in [-0.25, -0.2) is 9.69 Å². The Morgan fingerprint density at radius 1 is 0.648 bits per heavy atom. The maximum absolute atomic E-state index is 13.3. The summed E-state index contributed by atoms with van der Waals surface area (Å²) in [6.07, 6.45) is -0.813. The second-order valence-corrected chi connectivity index (χ2v) is 14.4. The molecule has 2 saturated heterocycles. The van der Waals surface area contributed by atoms with Crippen molar-refractivity contribution in [3.63, 3.8) is 0 Å². The van der Waals surface area contributed by atoms with Crippen LogP contribution < -0.4 is 0 Å². The minimum Gasteiger partial charge on any atom is -0.447 e. The minimum absolute atomic E-state index is 0.115. The van der Waals surface area contributed by atoms with Crippen molar-refractivity contribution < 1.29 is 38.0 Å². The summed E-state index contributed by atoms with van der Waals surface area (Å²) in [5.74, 6) is -0.0900. The second kappa shape index (κ2) is 20.3. The van der Waals surface area contributed by atoms with E-state index in [1.807, 2.05) is 135 Å². The number of rotatable bonds is 19. The van der Waals surface area contributed by atoms with Crippen LogP contribution in [0.2, 0.25) is 0 Å². The lowest BCUT2D eigenvalue weighted by Crippen LogP contribution is -2.61. The first-order chi connectivity index (χ1) is 26.5. The predicted octanol–water partition coefficient (Wildman–Crippen LogP) is 8.29. The number of carbonyl (C=O) groups excluding carboxylic acids is 2. The molecular weight excluding hydrogens is 682 g/mol. The standard InChI is InChI=1S/C45H53NO8/c1-33(2)38-31-53-45(48)46(38)41(47)26-16-15-25-39-42(50-28-35-19-9-4-10-20-35)44(52-30-37-23-13-6-14-24-37)43(51-29-36-21-11-5-12-22-36)40(54-39)32-49-27-34-17-7-3-8-18-34/h3-14,17-24,33,38-40,42-44H,15-16,25-32H2,1-2H3/t38-,39-,40-,42+,43+,44-/m1/s1. The Hall–Kier alpha value is -4.38. The topological polar surface area (TPSA) is 92.8 Å². The summed E-state index contributed by atoms with van der Waals surface area (Å²) in [5, 5.41) is 0. The fourth-order valence-electron chi connectivity index (χ4n) is 7.07. The largest absolute Gasteiger partial charge is 0.447 e. The van der Waals surface area contributed by atoms with Gasteiger partial charge >= 0.3 is 6.09 Å². The molecule has 286 valence electrons. The van der Waals surface area contributed by atoms with Gasteiger partial charge in [-0.1, -0.05) is 142 Å². The molecule has 9 nitrogen and oxygen atoms in total. The van der Waals surface area contributed by atoms with Gasteiger partial charge in [-0.05, 0) is 41.0 Å². The highest BCUT2D eigenvalue weighted by Gasteiger charge is 2.48. The Morgan fingerprint density at radius 3 is 1.61 bits per heavy atom. The molecule has 4 aromatic carbocycles. The molecule has 2 aliphatic heterocycles. The number of ether oxygens (including phenoxy) is 6. The number of carbonyl (C=O) groups is 2. The molecule has 54 heavy (non-hydrogen) atoms. The van der Waals surface area contributed by atoms with Gasteiger partial charge in [-0.15, -0.1) is 0 Å².